The second kappa shape index (κ2) is 8.03. The number of amidine groups is 1. The smallest absolute Gasteiger partial charge is 0.264 e. The van der Waals surface area contributed by atoms with Gasteiger partial charge >= 0.3 is 0 Å². The van der Waals surface area contributed by atoms with Crippen molar-refractivity contribution in [2.45, 2.75) is 0 Å². The fourth-order valence-corrected chi connectivity index (χ4v) is 3.44. The van der Waals surface area contributed by atoms with Crippen LogP contribution < -0.4 is 14.8 Å². The van der Waals surface area contributed by atoms with Crippen LogP contribution in [0.2, 0.25) is 10.0 Å². The highest BCUT2D eigenvalue weighted by Crippen LogP contribution is 2.35. The van der Waals surface area contributed by atoms with Crippen molar-refractivity contribution in [3.8, 4) is 11.5 Å². The van der Waals surface area contributed by atoms with Crippen molar-refractivity contribution < 1.29 is 14.3 Å². The topological polar surface area (TPSA) is 59.9 Å². The fraction of sp³-hybridized carbons (Fsp3) is 0.111. The summed E-state index contributed by atoms with van der Waals surface area (Å²) in [5.41, 5.74) is 1.30. The Hall–Kier alpha value is -2.15. The molecule has 0 atom stereocenters. The van der Waals surface area contributed by atoms with Crippen LogP contribution in [-0.2, 0) is 4.79 Å². The number of nitrogens with one attached hydrogen (secondary N) is 1. The molecule has 1 saturated heterocycles. The van der Waals surface area contributed by atoms with Crippen molar-refractivity contribution >= 4 is 57.8 Å². The number of methoxy groups -OCH3 is 2. The Balaban J connectivity index is 1.87. The minimum absolute atomic E-state index is 0.235. The molecular weight excluding hydrogens is 395 g/mol. The van der Waals surface area contributed by atoms with Gasteiger partial charge in [0.15, 0.2) is 16.7 Å². The van der Waals surface area contributed by atoms with Gasteiger partial charge < -0.3 is 14.8 Å². The summed E-state index contributed by atoms with van der Waals surface area (Å²) in [5, 5.41) is 3.90. The minimum atomic E-state index is -0.235. The summed E-state index contributed by atoms with van der Waals surface area (Å²) in [6.07, 6.45) is 1.75. The molecule has 26 heavy (non-hydrogen) atoms. The lowest BCUT2D eigenvalue weighted by Gasteiger charge is -2.07. The molecule has 3 rings (SSSR count). The normalized spacial score (nSPS) is 16.8. The maximum absolute atomic E-state index is 12.2. The third kappa shape index (κ3) is 3.98. The molecule has 0 aromatic heterocycles. The van der Waals surface area contributed by atoms with Crippen molar-refractivity contribution in [1.82, 2.24) is 5.32 Å². The van der Waals surface area contributed by atoms with Crippen LogP contribution in [0.15, 0.2) is 46.3 Å². The number of ether oxygens (including phenoxy) is 2. The Kier molecular flexibility index (Phi) is 5.76. The van der Waals surface area contributed by atoms with Gasteiger partial charge in [0.2, 0.25) is 0 Å². The average molecular weight is 409 g/mol. The van der Waals surface area contributed by atoms with Crippen LogP contribution in [-0.4, -0.2) is 25.3 Å². The van der Waals surface area contributed by atoms with Crippen LogP contribution in [0.1, 0.15) is 5.56 Å². The summed E-state index contributed by atoms with van der Waals surface area (Å²) in [7, 11) is 3.13. The second-order valence-corrected chi connectivity index (χ2v) is 6.98. The quantitative estimate of drug-likeness (QED) is 0.730. The summed E-state index contributed by atoms with van der Waals surface area (Å²) in [4.78, 5) is 17.1. The molecule has 0 spiro atoms. The van der Waals surface area contributed by atoms with E-state index in [1.54, 1.807) is 50.6 Å². The Morgan fingerprint density at radius 2 is 1.88 bits per heavy atom. The van der Waals surface area contributed by atoms with E-state index in [4.69, 9.17) is 32.7 Å². The summed E-state index contributed by atoms with van der Waals surface area (Å²) < 4.78 is 10.5. The van der Waals surface area contributed by atoms with E-state index in [1.165, 1.54) is 11.8 Å². The Morgan fingerprint density at radius 1 is 1.12 bits per heavy atom. The van der Waals surface area contributed by atoms with Crippen molar-refractivity contribution in [2.75, 3.05) is 14.2 Å². The number of hydrogen-bond acceptors (Lipinski definition) is 5. The van der Waals surface area contributed by atoms with Gasteiger partial charge in [-0.15, -0.1) is 0 Å². The van der Waals surface area contributed by atoms with Gasteiger partial charge in [-0.1, -0.05) is 35.3 Å². The van der Waals surface area contributed by atoms with E-state index >= 15 is 0 Å². The monoisotopic (exact) mass is 408 g/mol. The third-order valence-electron chi connectivity index (χ3n) is 3.51. The number of carbonyl (C=O) groups is 1. The number of rotatable bonds is 4. The van der Waals surface area contributed by atoms with Gasteiger partial charge in [0.25, 0.3) is 5.91 Å². The molecule has 8 heteroatoms. The molecule has 0 bridgehead atoms. The van der Waals surface area contributed by atoms with Crippen molar-refractivity contribution in [3.63, 3.8) is 0 Å². The molecular formula is C18H14Cl2N2O3S. The SMILES string of the molecule is COc1ccc(/C=C2\SC(=Nc3cccc(Cl)c3Cl)NC2=O)cc1OC. The second-order valence-electron chi connectivity index (χ2n) is 5.17. The van der Waals surface area contributed by atoms with E-state index in [0.717, 1.165) is 5.56 Å². The van der Waals surface area contributed by atoms with E-state index < -0.39 is 0 Å². The van der Waals surface area contributed by atoms with Crippen LogP contribution in [0.3, 0.4) is 0 Å². The van der Waals surface area contributed by atoms with Crippen LogP contribution in [0, 0.1) is 0 Å². The molecule has 0 unspecified atom stereocenters. The van der Waals surface area contributed by atoms with Crippen molar-refractivity contribution in [2.24, 2.45) is 4.99 Å². The highest BCUT2D eigenvalue weighted by atomic mass is 35.5. The zero-order valence-electron chi connectivity index (χ0n) is 13.9. The van der Waals surface area contributed by atoms with Crippen LogP contribution in [0.5, 0.6) is 11.5 Å². The number of benzene rings is 2. The fourth-order valence-electron chi connectivity index (χ4n) is 2.26. The maximum atomic E-state index is 12.2. The zero-order chi connectivity index (χ0) is 18.7. The van der Waals surface area contributed by atoms with E-state index in [-0.39, 0.29) is 5.91 Å². The maximum Gasteiger partial charge on any atom is 0.264 e. The standard InChI is InChI=1S/C18H14Cl2N2O3S/c1-24-13-7-6-10(8-14(13)25-2)9-15-17(23)22-18(26-15)21-12-5-3-4-11(19)16(12)20/h3-9H,1-2H3,(H,21,22,23)/b15-9-. The van der Waals surface area contributed by atoms with Crippen molar-refractivity contribution in [1.29, 1.82) is 0 Å². The number of aliphatic imine (C=N–C) groups is 1. The first kappa shape index (κ1) is 18.6. The molecule has 1 heterocycles. The Morgan fingerprint density at radius 3 is 2.62 bits per heavy atom. The summed E-state index contributed by atoms with van der Waals surface area (Å²) in [5.74, 6) is 0.975. The zero-order valence-corrected chi connectivity index (χ0v) is 16.2. The molecule has 0 aliphatic carbocycles. The number of halogens is 2. The lowest BCUT2D eigenvalue weighted by atomic mass is 10.2. The largest absolute Gasteiger partial charge is 0.493 e. The van der Waals surface area contributed by atoms with Crippen LogP contribution in [0.25, 0.3) is 6.08 Å². The van der Waals surface area contributed by atoms with E-state index in [0.29, 0.717) is 37.3 Å². The van der Waals surface area contributed by atoms with Gasteiger partial charge in [0.05, 0.1) is 34.9 Å². The van der Waals surface area contributed by atoms with E-state index in [1.807, 2.05) is 6.07 Å². The van der Waals surface area contributed by atoms with Crippen LogP contribution in [0.4, 0.5) is 5.69 Å². The lowest BCUT2D eigenvalue weighted by Crippen LogP contribution is -2.19. The van der Waals surface area contributed by atoms with Crippen molar-refractivity contribution in [3.05, 3.63) is 56.9 Å². The van der Waals surface area contributed by atoms with Gasteiger partial charge in [-0.05, 0) is 47.7 Å². The van der Waals surface area contributed by atoms with Gasteiger partial charge in [-0.2, -0.15) is 0 Å². The van der Waals surface area contributed by atoms with Gasteiger partial charge in [-0.25, -0.2) is 4.99 Å². The van der Waals surface area contributed by atoms with Gasteiger partial charge in [0, 0.05) is 0 Å². The molecule has 1 aliphatic rings. The summed E-state index contributed by atoms with van der Waals surface area (Å²) in [6.45, 7) is 0. The predicted octanol–water partition coefficient (Wildman–Crippen LogP) is 4.90. The Labute approximate surface area is 165 Å². The van der Waals surface area contributed by atoms with Crippen LogP contribution >= 0.6 is 35.0 Å². The average Bonchev–Trinajstić information content (AvgIpc) is 2.98. The molecule has 2 aromatic rings. The lowest BCUT2D eigenvalue weighted by molar-refractivity contribution is -0.115. The summed E-state index contributed by atoms with van der Waals surface area (Å²) >= 11 is 13.3. The number of amides is 1. The Bertz CT molecular complexity index is 929. The number of thioether (sulfide) groups is 1. The third-order valence-corrected chi connectivity index (χ3v) is 5.23. The molecule has 134 valence electrons. The number of carbonyl (C=O) groups excluding carboxylic acids is 1. The molecule has 0 saturated carbocycles. The molecule has 1 amide bonds. The summed E-state index contributed by atoms with van der Waals surface area (Å²) in [6, 6.07) is 10.6. The minimum Gasteiger partial charge on any atom is -0.493 e. The van der Waals surface area contributed by atoms with Gasteiger partial charge in [-0.3, -0.25) is 4.79 Å². The van der Waals surface area contributed by atoms with E-state index in [9.17, 15) is 4.79 Å². The highest BCUT2D eigenvalue weighted by molar-refractivity contribution is 8.18. The number of nitrogens with zero attached hydrogens (tertiary/aromatic N) is 1. The molecule has 5 nitrogen and oxygen atoms in total. The van der Waals surface area contributed by atoms with Gasteiger partial charge in [0.1, 0.15) is 0 Å². The predicted molar refractivity (Wildman–Crippen MR) is 107 cm³/mol. The number of hydrogen-bond donors (Lipinski definition) is 1. The first-order valence-corrected chi connectivity index (χ1v) is 9.04. The molecule has 2 aromatic carbocycles. The first-order valence-electron chi connectivity index (χ1n) is 7.47. The highest BCUT2D eigenvalue weighted by Gasteiger charge is 2.24. The molecule has 1 fully saturated rings. The first-order chi connectivity index (χ1) is 12.5. The van der Waals surface area contributed by atoms with E-state index in [2.05, 4.69) is 10.3 Å². The molecule has 1 N–H and O–H groups in total. The molecule has 0 radical (unpaired) electrons. The molecule has 1 aliphatic heterocycles.